The highest BCUT2D eigenvalue weighted by molar-refractivity contribution is 9.10. The maximum Gasteiger partial charge on any atom is 0.0621 e. The van der Waals surface area contributed by atoms with Crippen molar-refractivity contribution < 1.29 is 5.11 Å². The standard InChI is InChI=1S/C16H16BrClO/c1-11-4-2-3-5-12(11)8-15(19)9-13-6-7-14(17)10-16(13)18/h2-7,10,15,19H,8-9H2,1H3. The van der Waals surface area contributed by atoms with E-state index in [1.54, 1.807) is 0 Å². The largest absolute Gasteiger partial charge is 0.392 e. The first-order chi connectivity index (χ1) is 9.06. The van der Waals surface area contributed by atoms with Gasteiger partial charge in [-0.15, -0.1) is 0 Å². The lowest BCUT2D eigenvalue weighted by atomic mass is 9.98. The van der Waals surface area contributed by atoms with Gasteiger partial charge in [0.05, 0.1) is 6.10 Å². The van der Waals surface area contributed by atoms with E-state index in [1.165, 1.54) is 11.1 Å². The molecular formula is C16H16BrClO. The van der Waals surface area contributed by atoms with Crippen LogP contribution in [0.2, 0.25) is 5.02 Å². The second kappa shape index (κ2) is 6.56. The molecular weight excluding hydrogens is 324 g/mol. The van der Waals surface area contributed by atoms with Gasteiger partial charge < -0.3 is 5.11 Å². The highest BCUT2D eigenvalue weighted by Crippen LogP contribution is 2.23. The maximum absolute atomic E-state index is 10.2. The number of aliphatic hydroxyl groups excluding tert-OH is 1. The lowest BCUT2D eigenvalue weighted by Gasteiger charge is -2.13. The molecule has 1 unspecified atom stereocenters. The van der Waals surface area contributed by atoms with Gasteiger partial charge in [-0.1, -0.05) is 57.9 Å². The molecule has 0 heterocycles. The van der Waals surface area contributed by atoms with Crippen molar-refractivity contribution in [3.8, 4) is 0 Å². The van der Waals surface area contributed by atoms with E-state index >= 15 is 0 Å². The minimum Gasteiger partial charge on any atom is -0.392 e. The molecule has 0 saturated heterocycles. The Morgan fingerprint density at radius 1 is 1.11 bits per heavy atom. The van der Waals surface area contributed by atoms with Crippen molar-refractivity contribution in [3.05, 3.63) is 68.7 Å². The molecule has 0 fully saturated rings. The predicted octanol–water partition coefficient (Wildman–Crippen LogP) is 4.56. The number of hydrogen-bond acceptors (Lipinski definition) is 1. The lowest BCUT2D eigenvalue weighted by Crippen LogP contribution is -2.14. The summed E-state index contributed by atoms with van der Waals surface area (Å²) in [6, 6.07) is 13.9. The molecule has 0 aliphatic rings. The van der Waals surface area contributed by atoms with Gasteiger partial charge in [0.25, 0.3) is 0 Å². The predicted molar refractivity (Wildman–Crippen MR) is 83.7 cm³/mol. The summed E-state index contributed by atoms with van der Waals surface area (Å²) in [7, 11) is 0. The molecule has 0 spiro atoms. The van der Waals surface area contributed by atoms with E-state index in [-0.39, 0.29) is 0 Å². The lowest BCUT2D eigenvalue weighted by molar-refractivity contribution is 0.175. The van der Waals surface area contributed by atoms with Crippen molar-refractivity contribution in [2.75, 3.05) is 0 Å². The summed E-state index contributed by atoms with van der Waals surface area (Å²) >= 11 is 9.55. The highest BCUT2D eigenvalue weighted by atomic mass is 79.9. The minimum atomic E-state index is -0.417. The quantitative estimate of drug-likeness (QED) is 0.866. The van der Waals surface area contributed by atoms with E-state index in [0.717, 1.165) is 10.0 Å². The van der Waals surface area contributed by atoms with Gasteiger partial charge in [0, 0.05) is 15.9 Å². The van der Waals surface area contributed by atoms with Crippen LogP contribution in [0.4, 0.5) is 0 Å². The third-order valence-electron chi connectivity index (χ3n) is 3.19. The Bertz CT molecular complexity index is 568. The van der Waals surface area contributed by atoms with E-state index in [1.807, 2.05) is 30.3 Å². The van der Waals surface area contributed by atoms with Gasteiger partial charge in [-0.2, -0.15) is 0 Å². The third kappa shape index (κ3) is 4.07. The van der Waals surface area contributed by atoms with Gasteiger partial charge in [-0.25, -0.2) is 0 Å². The van der Waals surface area contributed by atoms with Crippen LogP contribution in [0, 0.1) is 6.92 Å². The van der Waals surface area contributed by atoms with Gasteiger partial charge in [0.2, 0.25) is 0 Å². The van der Waals surface area contributed by atoms with Crippen LogP contribution in [0.3, 0.4) is 0 Å². The number of benzene rings is 2. The smallest absolute Gasteiger partial charge is 0.0621 e. The summed E-state index contributed by atoms with van der Waals surface area (Å²) in [5.74, 6) is 0. The summed E-state index contributed by atoms with van der Waals surface area (Å²) in [6.07, 6.45) is 0.805. The van der Waals surface area contributed by atoms with Crippen molar-refractivity contribution in [2.45, 2.75) is 25.9 Å². The first-order valence-electron chi connectivity index (χ1n) is 6.23. The van der Waals surface area contributed by atoms with Gasteiger partial charge in [-0.3, -0.25) is 0 Å². The van der Waals surface area contributed by atoms with Crippen molar-refractivity contribution in [1.29, 1.82) is 0 Å². The van der Waals surface area contributed by atoms with Crippen LogP contribution in [0.25, 0.3) is 0 Å². The fourth-order valence-electron chi connectivity index (χ4n) is 2.11. The second-order valence-corrected chi connectivity index (χ2v) is 6.05. The van der Waals surface area contributed by atoms with Crippen LogP contribution in [0.15, 0.2) is 46.9 Å². The zero-order chi connectivity index (χ0) is 13.8. The Kier molecular flexibility index (Phi) is 5.03. The average molecular weight is 340 g/mol. The maximum atomic E-state index is 10.2. The van der Waals surface area contributed by atoms with Crippen LogP contribution in [-0.2, 0) is 12.8 Å². The fourth-order valence-corrected chi connectivity index (χ4v) is 2.86. The second-order valence-electron chi connectivity index (χ2n) is 4.72. The van der Waals surface area contributed by atoms with Crippen LogP contribution < -0.4 is 0 Å². The summed E-state index contributed by atoms with van der Waals surface area (Å²) in [5, 5.41) is 10.9. The molecule has 2 aromatic rings. The van der Waals surface area contributed by atoms with E-state index in [2.05, 4.69) is 35.0 Å². The molecule has 1 N–H and O–H groups in total. The Balaban J connectivity index is 2.05. The van der Waals surface area contributed by atoms with Crippen LogP contribution in [0.5, 0.6) is 0 Å². The normalized spacial score (nSPS) is 12.4. The Labute approximate surface area is 127 Å². The zero-order valence-corrected chi connectivity index (χ0v) is 13.1. The minimum absolute atomic E-state index is 0.417. The molecule has 0 aliphatic carbocycles. The van der Waals surface area contributed by atoms with Crippen molar-refractivity contribution in [2.24, 2.45) is 0 Å². The van der Waals surface area contributed by atoms with Crippen LogP contribution in [-0.4, -0.2) is 11.2 Å². The van der Waals surface area contributed by atoms with Gasteiger partial charge in [0.1, 0.15) is 0 Å². The Hall–Kier alpha value is -0.830. The number of rotatable bonds is 4. The molecule has 2 rings (SSSR count). The zero-order valence-electron chi connectivity index (χ0n) is 10.7. The summed E-state index contributed by atoms with van der Waals surface area (Å²) in [4.78, 5) is 0. The van der Waals surface area contributed by atoms with E-state index < -0.39 is 6.10 Å². The molecule has 0 aliphatic heterocycles. The SMILES string of the molecule is Cc1ccccc1CC(O)Cc1ccc(Br)cc1Cl. The molecule has 0 amide bonds. The van der Waals surface area contributed by atoms with Crippen LogP contribution in [0.1, 0.15) is 16.7 Å². The number of halogens is 2. The van der Waals surface area contributed by atoms with Gasteiger partial charge >= 0.3 is 0 Å². The highest BCUT2D eigenvalue weighted by Gasteiger charge is 2.11. The molecule has 3 heteroatoms. The Morgan fingerprint density at radius 2 is 1.79 bits per heavy atom. The molecule has 2 aromatic carbocycles. The Morgan fingerprint density at radius 3 is 2.47 bits per heavy atom. The average Bonchev–Trinajstić information content (AvgIpc) is 2.36. The van der Waals surface area contributed by atoms with Crippen molar-refractivity contribution in [1.82, 2.24) is 0 Å². The fraction of sp³-hybridized carbons (Fsp3) is 0.250. The summed E-state index contributed by atoms with van der Waals surface area (Å²) in [6.45, 7) is 2.06. The topological polar surface area (TPSA) is 20.2 Å². The number of hydrogen-bond donors (Lipinski definition) is 1. The molecule has 1 atom stereocenters. The number of aryl methyl sites for hydroxylation is 1. The molecule has 0 bridgehead atoms. The first-order valence-corrected chi connectivity index (χ1v) is 7.40. The van der Waals surface area contributed by atoms with E-state index in [4.69, 9.17) is 11.6 Å². The molecule has 100 valence electrons. The summed E-state index contributed by atoms with van der Waals surface area (Å²) < 4.78 is 0.953. The molecule has 1 nitrogen and oxygen atoms in total. The van der Waals surface area contributed by atoms with E-state index in [9.17, 15) is 5.11 Å². The number of aliphatic hydroxyl groups is 1. The molecule has 0 radical (unpaired) electrons. The molecule has 19 heavy (non-hydrogen) atoms. The van der Waals surface area contributed by atoms with Crippen molar-refractivity contribution in [3.63, 3.8) is 0 Å². The summed E-state index contributed by atoms with van der Waals surface area (Å²) in [5.41, 5.74) is 3.37. The van der Waals surface area contributed by atoms with Crippen molar-refractivity contribution >= 4 is 27.5 Å². The first kappa shape index (κ1) is 14.6. The van der Waals surface area contributed by atoms with Gasteiger partial charge in [0.15, 0.2) is 0 Å². The molecule has 0 saturated carbocycles. The molecule has 0 aromatic heterocycles. The van der Waals surface area contributed by atoms with E-state index in [0.29, 0.717) is 17.9 Å². The van der Waals surface area contributed by atoms with Crippen LogP contribution >= 0.6 is 27.5 Å². The third-order valence-corrected chi connectivity index (χ3v) is 4.03. The van der Waals surface area contributed by atoms with Gasteiger partial charge in [-0.05, 0) is 42.2 Å². The monoisotopic (exact) mass is 338 g/mol.